The molecule has 0 bridgehead atoms. The summed E-state index contributed by atoms with van der Waals surface area (Å²) in [5.74, 6) is -5.53. The molecule has 0 unspecified atom stereocenters. The third-order valence-electron chi connectivity index (χ3n) is 4.81. The Labute approximate surface area is 195 Å². The number of nitrogens with zero attached hydrogens (tertiary/aromatic N) is 1. The zero-order chi connectivity index (χ0) is 24.9. The van der Waals surface area contributed by atoms with E-state index in [-0.39, 0.29) is 16.8 Å². The van der Waals surface area contributed by atoms with Gasteiger partial charge in [-0.2, -0.15) is 17.6 Å². The Morgan fingerprint density at radius 3 is 2.44 bits per heavy atom. The van der Waals surface area contributed by atoms with E-state index in [0.717, 1.165) is 16.8 Å². The predicted octanol–water partition coefficient (Wildman–Crippen LogP) is 5.97. The third-order valence-corrected chi connectivity index (χ3v) is 5.55. The highest BCUT2D eigenvalue weighted by atomic mass is 32.2. The van der Waals surface area contributed by atoms with Crippen LogP contribution in [0.2, 0.25) is 0 Å². The minimum atomic E-state index is -4.71. The number of hydrogen-bond acceptors (Lipinski definition) is 7. The van der Waals surface area contributed by atoms with Gasteiger partial charge in [0.1, 0.15) is 0 Å². The first-order chi connectivity index (χ1) is 16.0. The highest BCUT2D eigenvalue weighted by Gasteiger charge is 2.57. The van der Waals surface area contributed by atoms with Gasteiger partial charge < -0.3 is 14.7 Å². The van der Waals surface area contributed by atoms with Crippen molar-refractivity contribution in [3.05, 3.63) is 81.9 Å². The van der Waals surface area contributed by atoms with E-state index in [1.807, 2.05) is 6.07 Å². The highest BCUT2D eigenvalue weighted by molar-refractivity contribution is 7.95. The van der Waals surface area contributed by atoms with E-state index in [1.54, 1.807) is 24.3 Å². The number of rotatable bonds is 10. The SMILES string of the molecule is Nc1cccc([N+](=O)[O-])c1COSC(F)(F)C(F)(F)CCOC(=O)c1ccc2ccccc2c1. The molecular weight excluding hydrogens is 480 g/mol. The lowest BCUT2D eigenvalue weighted by molar-refractivity contribution is -0.385. The van der Waals surface area contributed by atoms with Crippen LogP contribution in [0.3, 0.4) is 0 Å². The average Bonchev–Trinajstić information content (AvgIpc) is 2.79. The molecule has 3 rings (SSSR count). The van der Waals surface area contributed by atoms with Crippen molar-refractivity contribution in [2.24, 2.45) is 0 Å². The first kappa shape index (κ1) is 25.2. The fourth-order valence-electron chi connectivity index (χ4n) is 2.96. The van der Waals surface area contributed by atoms with Crippen LogP contribution in [0, 0.1) is 10.1 Å². The second-order valence-electron chi connectivity index (χ2n) is 7.12. The quantitative estimate of drug-likeness (QED) is 0.0917. The van der Waals surface area contributed by atoms with Gasteiger partial charge in [-0.15, -0.1) is 0 Å². The van der Waals surface area contributed by atoms with Crippen LogP contribution in [0.1, 0.15) is 22.3 Å². The van der Waals surface area contributed by atoms with E-state index >= 15 is 0 Å². The number of nitro benzene ring substituents is 1. The summed E-state index contributed by atoms with van der Waals surface area (Å²) in [4.78, 5) is 22.3. The Hall–Kier alpha value is -3.38. The molecular formula is C22H18F4N2O5S. The molecule has 0 aromatic heterocycles. The number of carbonyl (C=O) groups excluding carboxylic acids is 1. The fourth-order valence-corrected chi connectivity index (χ4v) is 3.51. The van der Waals surface area contributed by atoms with Gasteiger partial charge in [0, 0.05) is 11.8 Å². The lowest BCUT2D eigenvalue weighted by atomic mass is 10.1. The molecule has 0 heterocycles. The summed E-state index contributed by atoms with van der Waals surface area (Å²) in [6.45, 7) is -1.76. The van der Waals surface area contributed by atoms with Gasteiger partial charge in [0.2, 0.25) is 0 Å². The minimum Gasteiger partial charge on any atom is -0.462 e. The van der Waals surface area contributed by atoms with E-state index in [0.29, 0.717) is 0 Å². The molecule has 0 aliphatic rings. The smallest absolute Gasteiger partial charge is 0.380 e. The van der Waals surface area contributed by atoms with Crippen LogP contribution in [0.4, 0.5) is 28.9 Å². The van der Waals surface area contributed by atoms with E-state index in [9.17, 15) is 32.5 Å². The standard InChI is InChI=1S/C22H18F4N2O5S/c23-21(24,10-11-32-20(29)16-9-8-14-4-1-2-5-15(14)12-16)22(25,26)34-33-13-17-18(27)6-3-7-19(17)28(30)31/h1-9,12H,10-11,13,27H2. The summed E-state index contributed by atoms with van der Waals surface area (Å²) in [6.07, 6.45) is -1.47. The van der Waals surface area contributed by atoms with Crippen LogP contribution in [0.5, 0.6) is 0 Å². The van der Waals surface area contributed by atoms with Crippen molar-refractivity contribution in [1.29, 1.82) is 0 Å². The Morgan fingerprint density at radius 2 is 1.74 bits per heavy atom. The van der Waals surface area contributed by atoms with Crippen molar-refractivity contribution in [1.82, 2.24) is 0 Å². The number of alkyl halides is 4. The van der Waals surface area contributed by atoms with Crippen LogP contribution >= 0.6 is 12.0 Å². The number of halogens is 4. The van der Waals surface area contributed by atoms with Gasteiger partial charge in [0.15, 0.2) is 0 Å². The topological polar surface area (TPSA) is 105 Å². The number of nitrogen functional groups attached to an aromatic ring is 1. The first-order valence-electron chi connectivity index (χ1n) is 9.76. The van der Waals surface area contributed by atoms with Crippen molar-refractivity contribution < 1.29 is 36.2 Å². The zero-order valence-corrected chi connectivity index (χ0v) is 18.2. The Balaban J connectivity index is 1.55. The lowest BCUT2D eigenvalue weighted by Crippen LogP contribution is -2.39. The largest absolute Gasteiger partial charge is 0.462 e. The maximum absolute atomic E-state index is 14.1. The van der Waals surface area contributed by atoms with Crippen molar-refractivity contribution in [2.45, 2.75) is 24.2 Å². The maximum atomic E-state index is 14.1. The monoisotopic (exact) mass is 498 g/mol. The molecule has 0 aliphatic carbocycles. The zero-order valence-electron chi connectivity index (χ0n) is 17.4. The Bertz CT molecular complexity index is 1210. The van der Waals surface area contributed by atoms with Gasteiger partial charge in [-0.3, -0.25) is 10.1 Å². The van der Waals surface area contributed by atoms with Crippen LogP contribution < -0.4 is 5.73 Å². The van der Waals surface area contributed by atoms with Gasteiger partial charge in [0.05, 0.1) is 47.7 Å². The van der Waals surface area contributed by atoms with Crippen molar-refractivity contribution >= 4 is 40.2 Å². The van der Waals surface area contributed by atoms with E-state index < -0.39 is 59.4 Å². The van der Waals surface area contributed by atoms with E-state index in [2.05, 4.69) is 4.18 Å². The highest BCUT2D eigenvalue weighted by Crippen LogP contribution is 2.46. The predicted molar refractivity (Wildman–Crippen MR) is 119 cm³/mol. The maximum Gasteiger partial charge on any atom is 0.380 e. The fraction of sp³-hybridized carbons (Fsp3) is 0.227. The number of carbonyl (C=O) groups is 1. The number of esters is 1. The second-order valence-corrected chi connectivity index (χ2v) is 8.03. The van der Waals surface area contributed by atoms with Gasteiger partial charge >= 0.3 is 17.1 Å². The first-order valence-corrected chi connectivity index (χ1v) is 10.5. The Morgan fingerprint density at radius 1 is 1.03 bits per heavy atom. The third kappa shape index (κ3) is 5.75. The molecule has 3 aromatic carbocycles. The molecule has 180 valence electrons. The summed E-state index contributed by atoms with van der Waals surface area (Å²) >= 11 is -0.836. The van der Waals surface area contributed by atoms with Gasteiger partial charge in [-0.05, 0) is 29.0 Å². The van der Waals surface area contributed by atoms with Crippen LogP contribution in [-0.4, -0.2) is 28.7 Å². The van der Waals surface area contributed by atoms with Gasteiger partial charge in [-0.25, -0.2) is 4.79 Å². The van der Waals surface area contributed by atoms with Crippen LogP contribution in [0.15, 0.2) is 60.7 Å². The van der Waals surface area contributed by atoms with Crippen LogP contribution in [-0.2, 0) is 15.5 Å². The molecule has 0 amide bonds. The molecule has 2 N–H and O–H groups in total. The van der Waals surface area contributed by atoms with Crippen molar-refractivity contribution in [2.75, 3.05) is 12.3 Å². The molecule has 0 aliphatic heterocycles. The summed E-state index contributed by atoms with van der Waals surface area (Å²) in [7, 11) is 0. The molecule has 0 atom stereocenters. The average molecular weight is 498 g/mol. The number of anilines is 1. The molecule has 0 radical (unpaired) electrons. The molecule has 0 spiro atoms. The number of hydrogen-bond donors (Lipinski definition) is 1. The van der Waals surface area contributed by atoms with E-state index in [4.69, 9.17) is 10.5 Å². The lowest BCUT2D eigenvalue weighted by Gasteiger charge is -2.25. The summed E-state index contributed by atoms with van der Waals surface area (Å²) in [5, 5.41) is 7.88. The van der Waals surface area contributed by atoms with E-state index in [1.165, 1.54) is 24.3 Å². The second kappa shape index (κ2) is 10.3. The Kier molecular flexibility index (Phi) is 7.62. The van der Waals surface area contributed by atoms with Crippen molar-refractivity contribution in [3.63, 3.8) is 0 Å². The normalized spacial score (nSPS) is 12.0. The summed E-state index contributed by atoms with van der Waals surface area (Å²) < 4.78 is 65.7. The number of fused-ring (bicyclic) bond motifs is 1. The molecule has 0 saturated heterocycles. The summed E-state index contributed by atoms with van der Waals surface area (Å²) in [6, 6.07) is 15.4. The number of nitro groups is 1. The molecule has 3 aromatic rings. The molecule has 7 nitrogen and oxygen atoms in total. The molecule has 12 heteroatoms. The molecule has 34 heavy (non-hydrogen) atoms. The van der Waals surface area contributed by atoms with Crippen LogP contribution in [0.25, 0.3) is 10.8 Å². The van der Waals surface area contributed by atoms with Gasteiger partial charge in [0.25, 0.3) is 5.69 Å². The number of nitrogens with two attached hydrogens (primary N) is 1. The number of ether oxygens (including phenoxy) is 1. The number of benzene rings is 3. The molecule has 0 saturated carbocycles. The molecule has 0 fully saturated rings. The minimum absolute atomic E-state index is 0.0912. The van der Waals surface area contributed by atoms with Gasteiger partial charge in [-0.1, -0.05) is 36.4 Å². The summed E-state index contributed by atoms with van der Waals surface area (Å²) in [5.41, 5.74) is 4.87. The van der Waals surface area contributed by atoms with Crippen molar-refractivity contribution in [3.8, 4) is 0 Å².